The fourth-order valence-corrected chi connectivity index (χ4v) is 1.61. The summed E-state index contributed by atoms with van der Waals surface area (Å²) in [5, 5.41) is 6.14. The molecule has 1 atom stereocenters. The van der Waals surface area contributed by atoms with Crippen LogP contribution in [0.15, 0.2) is 12.2 Å². The largest absolute Gasteiger partial charge is 0.351 e. The van der Waals surface area contributed by atoms with Gasteiger partial charge in [0, 0.05) is 6.54 Å². The molecule has 3 nitrogen and oxygen atoms in total. The average Bonchev–Trinajstić information content (AvgIpc) is 2.42. The van der Waals surface area contributed by atoms with Crippen molar-refractivity contribution in [3.63, 3.8) is 0 Å². The molecular weight excluding hydrogens is 176 g/mol. The Balaban J connectivity index is 2.30. The Hall–Kier alpha value is -0.830. The summed E-state index contributed by atoms with van der Waals surface area (Å²) < 4.78 is 0. The van der Waals surface area contributed by atoms with Crippen LogP contribution < -0.4 is 10.6 Å². The third kappa shape index (κ3) is 3.92. The maximum absolute atomic E-state index is 11.6. The topological polar surface area (TPSA) is 41.1 Å². The highest BCUT2D eigenvalue weighted by Crippen LogP contribution is 2.08. The molecule has 1 saturated heterocycles. The van der Waals surface area contributed by atoms with Crippen molar-refractivity contribution in [3.05, 3.63) is 12.2 Å². The number of carbonyl (C=O) groups excluding carboxylic acids is 1. The van der Waals surface area contributed by atoms with E-state index >= 15 is 0 Å². The zero-order chi connectivity index (χ0) is 10.4. The Bertz CT molecular complexity index is 205. The molecule has 1 fully saturated rings. The second-order valence-electron chi connectivity index (χ2n) is 4.03. The maximum Gasteiger partial charge on any atom is 0.237 e. The maximum atomic E-state index is 11.6. The van der Waals surface area contributed by atoms with Crippen molar-refractivity contribution in [1.82, 2.24) is 10.6 Å². The van der Waals surface area contributed by atoms with Crippen LogP contribution in [0, 0.1) is 0 Å². The van der Waals surface area contributed by atoms with E-state index in [4.69, 9.17) is 0 Å². The summed E-state index contributed by atoms with van der Waals surface area (Å²) >= 11 is 0. The van der Waals surface area contributed by atoms with Crippen molar-refractivity contribution in [1.29, 1.82) is 0 Å². The van der Waals surface area contributed by atoms with Crippen LogP contribution in [-0.4, -0.2) is 25.0 Å². The predicted octanol–water partition coefficient (Wildman–Crippen LogP) is 1.21. The molecule has 1 rings (SSSR count). The molecule has 1 unspecified atom stereocenters. The lowest BCUT2D eigenvalue weighted by molar-refractivity contribution is -0.123. The van der Waals surface area contributed by atoms with Gasteiger partial charge in [0.2, 0.25) is 5.91 Å². The summed E-state index contributed by atoms with van der Waals surface area (Å²) in [6.07, 6.45) is 4.53. The Morgan fingerprint density at radius 3 is 3.00 bits per heavy atom. The molecule has 2 N–H and O–H groups in total. The molecule has 0 aromatic rings. The molecule has 0 aromatic heterocycles. The average molecular weight is 196 g/mol. The van der Waals surface area contributed by atoms with Gasteiger partial charge in [-0.2, -0.15) is 0 Å². The van der Waals surface area contributed by atoms with Gasteiger partial charge in [-0.3, -0.25) is 4.79 Å². The molecule has 0 spiro atoms. The van der Waals surface area contributed by atoms with Crippen molar-refractivity contribution in [2.45, 2.75) is 38.6 Å². The Morgan fingerprint density at radius 1 is 1.50 bits per heavy atom. The summed E-state index contributed by atoms with van der Waals surface area (Å²) in [4.78, 5) is 11.6. The highest BCUT2D eigenvalue weighted by molar-refractivity contribution is 5.81. The van der Waals surface area contributed by atoms with Crippen LogP contribution in [0.2, 0.25) is 0 Å². The molecule has 3 heteroatoms. The van der Waals surface area contributed by atoms with Crippen molar-refractivity contribution < 1.29 is 4.79 Å². The number of rotatable bonds is 3. The monoisotopic (exact) mass is 196 g/mol. The van der Waals surface area contributed by atoms with Gasteiger partial charge in [-0.1, -0.05) is 25.0 Å². The molecular formula is C11H20N2O. The standard InChI is InChI=1S/C11H20N2O/c1-9(2)8-13-11(14)10-6-4-3-5-7-12-10/h10,12H,1,3-8H2,2H3,(H,13,14). The number of nitrogens with one attached hydrogen (secondary N) is 2. The smallest absolute Gasteiger partial charge is 0.237 e. The number of hydrogen-bond donors (Lipinski definition) is 2. The van der Waals surface area contributed by atoms with Gasteiger partial charge in [-0.15, -0.1) is 0 Å². The Labute approximate surface area is 86.0 Å². The fraction of sp³-hybridized carbons (Fsp3) is 0.727. The first kappa shape index (κ1) is 11.2. The van der Waals surface area contributed by atoms with E-state index in [2.05, 4.69) is 17.2 Å². The number of carbonyl (C=O) groups is 1. The number of amides is 1. The van der Waals surface area contributed by atoms with Gasteiger partial charge in [0.15, 0.2) is 0 Å². The molecule has 1 aliphatic rings. The minimum atomic E-state index is 0.0110. The van der Waals surface area contributed by atoms with Gasteiger partial charge in [0.1, 0.15) is 0 Å². The molecule has 0 bridgehead atoms. The molecule has 14 heavy (non-hydrogen) atoms. The minimum Gasteiger partial charge on any atom is -0.351 e. The summed E-state index contributed by atoms with van der Waals surface area (Å²) in [6.45, 7) is 7.23. The van der Waals surface area contributed by atoms with Gasteiger partial charge in [-0.25, -0.2) is 0 Å². The van der Waals surface area contributed by atoms with Crippen LogP contribution in [0.25, 0.3) is 0 Å². The summed E-state index contributed by atoms with van der Waals surface area (Å²) in [5.41, 5.74) is 0.993. The van der Waals surface area contributed by atoms with Gasteiger partial charge in [0.25, 0.3) is 0 Å². The van der Waals surface area contributed by atoms with E-state index in [-0.39, 0.29) is 11.9 Å². The van der Waals surface area contributed by atoms with Crippen LogP contribution in [0.3, 0.4) is 0 Å². The molecule has 0 saturated carbocycles. The molecule has 0 radical (unpaired) electrons. The second-order valence-corrected chi connectivity index (χ2v) is 4.03. The first-order chi connectivity index (χ1) is 6.70. The highest BCUT2D eigenvalue weighted by atomic mass is 16.2. The minimum absolute atomic E-state index is 0.0110. The van der Waals surface area contributed by atoms with Crippen LogP contribution in [0.5, 0.6) is 0 Å². The van der Waals surface area contributed by atoms with Crippen LogP contribution in [-0.2, 0) is 4.79 Å². The number of hydrogen-bond acceptors (Lipinski definition) is 2. The molecule has 1 aliphatic heterocycles. The van der Waals surface area contributed by atoms with E-state index in [0.29, 0.717) is 6.54 Å². The van der Waals surface area contributed by atoms with Gasteiger partial charge < -0.3 is 10.6 Å². The van der Waals surface area contributed by atoms with Crippen LogP contribution in [0.1, 0.15) is 32.6 Å². The fourth-order valence-electron chi connectivity index (χ4n) is 1.61. The molecule has 0 aromatic carbocycles. The molecule has 1 heterocycles. The Morgan fingerprint density at radius 2 is 2.29 bits per heavy atom. The zero-order valence-electron chi connectivity index (χ0n) is 8.94. The predicted molar refractivity (Wildman–Crippen MR) is 58.1 cm³/mol. The van der Waals surface area contributed by atoms with Gasteiger partial charge in [0.05, 0.1) is 6.04 Å². The van der Waals surface area contributed by atoms with Gasteiger partial charge in [-0.05, 0) is 26.3 Å². The summed E-state index contributed by atoms with van der Waals surface area (Å²) in [7, 11) is 0. The SMILES string of the molecule is C=C(C)CNC(=O)C1CCCCCN1. The third-order valence-corrected chi connectivity index (χ3v) is 2.44. The van der Waals surface area contributed by atoms with E-state index in [1.165, 1.54) is 12.8 Å². The third-order valence-electron chi connectivity index (χ3n) is 2.44. The zero-order valence-corrected chi connectivity index (χ0v) is 8.94. The van der Waals surface area contributed by atoms with Crippen molar-refractivity contribution in [3.8, 4) is 0 Å². The van der Waals surface area contributed by atoms with E-state index in [9.17, 15) is 4.79 Å². The summed E-state index contributed by atoms with van der Waals surface area (Å²) in [5.74, 6) is 0.120. The first-order valence-electron chi connectivity index (χ1n) is 5.35. The van der Waals surface area contributed by atoms with Crippen molar-refractivity contribution >= 4 is 5.91 Å². The molecule has 0 aliphatic carbocycles. The molecule has 80 valence electrons. The van der Waals surface area contributed by atoms with E-state index < -0.39 is 0 Å². The quantitative estimate of drug-likeness (QED) is 0.666. The first-order valence-corrected chi connectivity index (χ1v) is 5.35. The van der Waals surface area contributed by atoms with E-state index in [1.54, 1.807) is 0 Å². The van der Waals surface area contributed by atoms with Crippen LogP contribution in [0.4, 0.5) is 0 Å². The lowest BCUT2D eigenvalue weighted by Crippen LogP contribution is -2.44. The van der Waals surface area contributed by atoms with Gasteiger partial charge >= 0.3 is 0 Å². The highest BCUT2D eigenvalue weighted by Gasteiger charge is 2.18. The van der Waals surface area contributed by atoms with E-state index in [1.807, 2.05) is 6.92 Å². The van der Waals surface area contributed by atoms with Crippen molar-refractivity contribution in [2.75, 3.05) is 13.1 Å². The van der Waals surface area contributed by atoms with Crippen molar-refractivity contribution in [2.24, 2.45) is 0 Å². The normalized spacial score (nSPS) is 22.5. The van der Waals surface area contributed by atoms with E-state index in [0.717, 1.165) is 25.0 Å². The Kier molecular flexibility index (Phi) is 4.66. The lowest BCUT2D eigenvalue weighted by atomic mass is 10.1. The summed E-state index contributed by atoms with van der Waals surface area (Å²) in [6, 6.07) is 0.0110. The second kappa shape index (κ2) is 5.81. The van der Waals surface area contributed by atoms with Crippen LogP contribution >= 0.6 is 0 Å². The molecule has 1 amide bonds. The lowest BCUT2D eigenvalue weighted by Gasteiger charge is -2.15.